The summed E-state index contributed by atoms with van der Waals surface area (Å²) in [5.41, 5.74) is 2.61. The van der Waals surface area contributed by atoms with E-state index in [1.807, 2.05) is 0 Å². The topological polar surface area (TPSA) is 9.23 Å². The van der Waals surface area contributed by atoms with Crippen LogP contribution in [0.2, 0.25) is 0 Å². The number of hydrogen-bond acceptors (Lipinski definition) is 1. The monoisotopic (exact) mass is 506 g/mol. The summed E-state index contributed by atoms with van der Waals surface area (Å²) < 4.78 is 8.59. The Morgan fingerprint density at radius 1 is 0.667 bits per heavy atom. The molecule has 0 radical (unpaired) electrons. The lowest BCUT2D eigenvalue weighted by Crippen LogP contribution is -1.96. The van der Waals surface area contributed by atoms with Crippen molar-refractivity contribution in [2.24, 2.45) is 0 Å². The fourth-order valence-electron chi connectivity index (χ4n) is 2.25. The summed E-state index contributed by atoms with van der Waals surface area (Å²) in [4.78, 5) is 0. The summed E-state index contributed by atoms with van der Waals surface area (Å²) in [5.74, 6) is 2.01. The van der Waals surface area contributed by atoms with E-state index in [-0.39, 0.29) is 0 Å². The van der Waals surface area contributed by atoms with Gasteiger partial charge in [0.25, 0.3) is 0 Å². The van der Waals surface area contributed by atoms with Crippen LogP contribution >= 0.6 is 45.2 Å². The number of rotatable bonds is 8. The Morgan fingerprint density at radius 3 is 1.52 bits per heavy atom. The largest absolute Gasteiger partial charge is 0.457 e. The second kappa shape index (κ2) is 9.66. The first-order valence-corrected chi connectivity index (χ1v) is 10.4. The van der Waals surface area contributed by atoms with E-state index in [4.69, 9.17) is 4.74 Å². The van der Waals surface area contributed by atoms with Crippen LogP contribution in [0.25, 0.3) is 0 Å². The van der Waals surface area contributed by atoms with Gasteiger partial charge < -0.3 is 4.74 Å². The highest BCUT2D eigenvalue weighted by molar-refractivity contribution is 14.1. The van der Waals surface area contributed by atoms with Gasteiger partial charge in [-0.1, -0.05) is 81.6 Å². The van der Waals surface area contributed by atoms with Crippen LogP contribution in [0.5, 0.6) is 11.5 Å². The van der Waals surface area contributed by atoms with Gasteiger partial charge in [-0.25, -0.2) is 0 Å². The SMILES string of the molecule is ICCCc1ccccc1Oc1ccccc1CCCI. The normalized spacial score (nSPS) is 10.6. The van der Waals surface area contributed by atoms with E-state index in [0.717, 1.165) is 24.3 Å². The summed E-state index contributed by atoms with van der Waals surface area (Å²) >= 11 is 4.86. The van der Waals surface area contributed by atoms with Crippen molar-refractivity contribution in [1.82, 2.24) is 0 Å². The van der Waals surface area contributed by atoms with Crippen molar-refractivity contribution in [3.05, 3.63) is 59.7 Å². The molecule has 0 unspecified atom stereocenters. The van der Waals surface area contributed by atoms with E-state index in [0.29, 0.717) is 0 Å². The maximum Gasteiger partial charge on any atom is 0.130 e. The van der Waals surface area contributed by atoms with Crippen molar-refractivity contribution in [2.45, 2.75) is 25.7 Å². The molecule has 0 bridgehead atoms. The summed E-state index contributed by atoms with van der Waals surface area (Å²) in [5, 5.41) is 0. The minimum Gasteiger partial charge on any atom is -0.457 e. The fraction of sp³-hybridized carbons (Fsp3) is 0.333. The standard InChI is InChI=1S/C18H20I2O/c19-13-5-9-15-7-1-3-11-17(15)21-18-12-4-2-8-16(18)10-6-14-20/h1-4,7-8,11-12H,5-6,9-10,13-14H2. The Labute approximate surface area is 154 Å². The fourth-order valence-corrected chi connectivity index (χ4v) is 3.02. The third kappa shape index (κ3) is 5.43. The molecule has 0 aliphatic heterocycles. The van der Waals surface area contributed by atoms with Crippen LogP contribution in [0, 0.1) is 0 Å². The van der Waals surface area contributed by atoms with Gasteiger partial charge in [0.2, 0.25) is 0 Å². The Bertz CT molecular complexity index is 505. The Kier molecular flexibility index (Phi) is 7.85. The summed E-state index contributed by atoms with van der Waals surface area (Å²) in [6, 6.07) is 16.8. The van der Waals surface area contributed by atoms with Crippen molar-refractivity contribution in [3.8, 4) is 11.5 Å². The van der Waals surface area contributed by atoms with E-state index in [1.165, 1.54) is 32.8 Å². The first kappa shape index (κ1) is 17.1. The first-order chi connectivity index (χ1) is 10.3. The number of alkyl halides is 2. The third-order valence-electron chi connectivity index (χ3n) is 3.32. The molecule has 0 aliphatic carbocycles. The molecule has 0 saturated heterocycles. The lowest BCUT2D eigenvalue weighted by Gasteiger charge is -2.14. The molecule has 3 heteroatoms. The van der Waals surface area contributed by atoms with Gasteiger partial charge in [0.05, 0.1) is 0 Å². The molecule has 2 rings (SSSR count). The van der Waals surface area contributed by atoms with Crippen molar-refractivity contribution in [1.29, 1.82) is 0 Å². The highest BCUT2D eigenvalue weighted by Crippen LogP contribution is 2.29. The van der Waals surface area contributed by atoms with E-state index in [1.54, 1.807) is 0 Å². The molecule has 0 fully saturated rings. The van der Waals surface area contributed by atoms with Crippen LogP contribution in [0.3, 0.4) is 0 Å². The first-order valence-electron chi connectivity index (χ1n) is 7.30. The van der Waals surface area contributed by atoms with Crippen molar-refractivity contribution >= 4 is 45.2 Å². The molecule has 2 aromatic carbocycles. The maximum atomic E-state index is 6.23. The average molecular weight is 506 g/mol. The second-order valence-electron chi connectivity index (χ2n) is 4.90. The molecule has 2 aromatic rings. The minimum atomic E-state index is 1.00. The van der Waals surface area contributed by atoms with Crippen LogP contribution < -0.4 is 4.74 Å². The van der Waals surface area contributed by atoms with Crippen LogP contribution in [0.1, 0.15) is 24.0 Å². The van der Waals surface area contributed by atoms with Gasteiger partial charge in [-0.05, 0) is 57.8 Å². The third-order valence-corrected chi connectivity index (χ3v) is 4.85. The number of halogens is 2. The quantitative estimate of drug-likeness (QED) is 0.306. The maximum absolute atomic E-state index is 6.23. The number of benzene rings is 2. The highest BCUT2D eigenvalue weighted by Gasteiger charge is 2.07. The molecule has 0 aliphatic rings. The molecule has 0 amide bonds. The van der Waals surface area contributed by atoms with Crippen molar-refractivity contribution < 1.29 is 4.74 Å². The van der Waals surface area contributed by atoms with Gasteiger partial charge in [-0.2, -0.15) is 0 Å². The van der Waals surface area contributed by atoms with Crippen LogP contribution in [0.4, 0.5) is 0 Å². The Morgan fingerprint density at radius 2 is 1.10 bits per heavy atom. The molecule has 21 heavy (non-hydrogen) atoms. The summed E-state index contributed by atoms with van der Waals surface area (Å²) in [7, 11) is 0. The van der Waals surface area contributed by atoms with Gasteiger partial charge >= 0.3 is 0 Å². The second-order valence-corrected chi connectivity index (χ2v) is 7.06. The van der Waals surface area contributed by atoms with E-state index in [2.05, 4.69) is 93.7 Å². The van der Waals surface area contributed by atoms with Gasteiger partial charge in [0.1, 0.15) is 11.5 Å². The number of aryl methyl sites for hydroxylation is 2. The number of hydrogen-bond donors (Lipinski definition) is 0. The molecule has 0 spiro atoms. The van der Waals surface area contributed by atoms with Crippen molar-refractivity contribution in [2.75, 3.05) is 8.86 Å². The van der Waals surface area contributed by atoms with Crippen LogP contribution in [-0.4, -0.2) is 8.86 Å². The zero-order valence-corrected chi connectivity index (χ0v) is 16.3. The molecule has 0 saturated carbocycles. The van der Waals surface area contributed by atoms with E-state index in [9.17, 15) is 0 Å². The molecule has 0 heterocycles. The zero-order valence-electron chi connectivity index (χ0n) is 12.0. The van der Waals surface area contributed by atoms with Gasteiger partial charge in [-0.3, -0.25) is 0 Å². The average Bonchev–Trinajstić information content (AvgIpc) is 2.53. The molecular formula is C18H20I2O. The minimum absolute atomic E-state index is 1.00. The smallest absolute Gasteiger partial charge is 0.130 e. The highest BCUT2D eigenvalue weighted by atomic mass is 127. The summed E-state index contributed by atoms with van der Waals surface area (Å²) in [6.07, 6.45) is 4.54. The van der Waals surface area contributed by atoms with Crippen molar-refractivity contribution in [3.63, 3.8) is 0 Å². The molecule has 1 nitrogen and oxygen atoms in total. The molecular weight excluding hydrogens is 486 g/mol. The van der Waals surface area contributed by atoms with Crippen LogP contribution in [0.15, 0.2) is 48.5 Å². The predicted octanol–water partition coefficient (Wildman–Crippen LogP) is 6.21. The van der Waals surface area contributed by atoms with Gasteiger partial charge in [0, 0.05) is 0 Å². The lowest BCUT2D eigenvalue weighted by atomic mass is 10.1. The number of ether oxygens (including phenoxy) is 1. The molecule has 0 atom stereocenters. The predicted molar refractivity (Wildman–Crippen MR) is 107 cm³/mol. The van der Waals surface area contributed by atoms with E-state index < -0.39 is 0 Å². The number of para-hydroxylation sites is 2. The lowest BCUT2D eigenvalue weighted by molar-refractivity contribution is 0.469. The summed E-state index contributed by atoms with van der Waals surface area (Å²) in [6.45, 7) is 0. The van der Waals surface area contributed by atoms with E-state index >= 15 is 0 Å². The molecule has 0 aromatic heterocycles. The Balaban J connectivity index is 2.18. The molecule has 0 N–H and O–H groups in total. The Hall–Kier alpha value is -0.300. The van der Waals surface area contributed by atoms with Gasteiger partial charge in [0.15, 0.2) is 0 Å². The van der Waals surface area contributed by atoms with Gasteiger partial charge in [-0.15, -0.1) is 0 Å². The molecule has 112 valence electrons. The van der Waals surface area contributed by atoms with Crippen LogP contribution in [-0.2, 0) is 12.8 Å². The zero-order chi connectivity index (χ0) is 14.9.